The Balaban J connectivity index is 2.21. The highest BCUT2D eigenvalue weighted by Gasteiger charge is 2.14. The summed E-state index contributed by atoms with van der Waals surface area (Å²) in [6, 6.07) is 5.65. The third-order valence-electron chi connectivity index (χ3n) is 2.68. The summed E-state index contributed by atoms with van der Waals surface area (Å²) in [5.41, 5.74) is 1.93. The van der Waals surface area contributed by atoms with Crippen molar-refractivity contribution in [1.82, 2.24) is 4.98 Å². The lowest BCUT2D eigenvalue weighted by Gasteiger charge is -2.06. The van der Waals surface area contributed by atoms with Gasteiger partial charge in [-0.05, 0) is 24.1 Å². The third-order valence-corrected chi connectivity index (χ3v) is 4.09. The van der Waals surface area contributed by atoms with Crippen LogP contribution in [-0.4, -0.2) is 17.8 Å². The number of nitrogens with zero attached hydrogens (tertiary/aromatic N) is 1. The molecule has 0 aliphatic heterocycles. The van der Waals surface area contributed by atoms with E-state index < -0.39 is 0 Å². The van der Waals surface area contributed by atoms with Gasteiger partial charge in [0.2, 0.25) is 0 Å². The number of aryl methyl sites for hydroxylation is 1. The topological polar surface area (TPSA) is 42.0 Å². The highest BCUT2D eigenvalue weighted by Crippen LogP contribution is 2.24. The number of benzene rings is 1. The van der Waals surface area contributed by atoms with Gasteiger partial charge in [-0.25, -0.2) is 4.98 Å². The van der Waals surface area contributed by atoms with Gasteiger partial charge in [0.15, 0.2) is 10.9 Å². The number of thiazole rings is 1. The van der Waals surface area contributed by atoms with Gasteiger partial charge in [0.05, 0.1) is 11.1 Å². The zero-order chi connectivity index (χ0) is 13.1. The van der Waals surface area contributed by atoms with Crippen LogP contribution in [0.4, 0.5) is 5.13 Å². The van der Waals surface area contributed by atoms with Crippen LogP contribution in [0.25, 0.3) is 0 Å². The van der Waals surface area contributed by atoms with Crippen LogP contribution in [0.5, 0.6) is 0 Å². The number of ketones is 1. The molecule has 3 nitrogen and oxygen atoms in total. The first kappa shape index (κ1) is 13.1. The van der Waals surface area contributed by atoms with Crippen LogP contribution in [0.3, 0.4) is 0 Å². The molecule has 1 N–H and O–H groups in total. The number of aromatic nitrogens is 1. The molecule has 0 unspecified atom stereocenters. The lowest BCUT2D eigenvalue weighted by atomic mass is 10.0. The highest BCUT2D eigenvalue weighted by atomic mass is 35.5. The van der Waals surface area contributed by atoms with Gasteiger partial charge in [-0.3, -0.25) is 4.79 Å². The number of halogens is 1. The second kappa shape index (κ2) is 5.50. The third kappa shape index (κ3) is 2.71. The maximum atomic E-state index is 12.1. The molecule has 0 fully saturated rings. The van der Waals surface area contributed by atoms with Crippen molar-refractivity contribution in [2.24, 2.45) is 0 Å². The van der Waals surface area contributed by atoms with Gasteiger partial charge in [-0.1, -0.05) is 35.1 Å². The normalized spacial score (nSPS) is 10.4. The van der Waals surface area contributed by atoms with E-state index >= 15 is 0 Å². The van der Waals surface area contributed by atoms with Crippen molar-refractivity contribution in [2.75, 3.05) is 12.4 Å². The van der Waals surface area contributed by atoms with Crippen LogP contribution in [0.1, 0.15) is 20.8 Å². The van der Waals surface area contributed by atoms with Crippen LogP contribution in [0.2, 0.25) is 5.02 Å². The van der Waals surface area contributed by atoms with Crippen molar-refractivity contribution in [3.05, 3.63) is 45.4 Å². The number of hydrogen-bond donors (Lipinski definition) is 1. The monoisotopic (exact) mass is 280 g/mol. The van der Waals surface area contributed by atoms with Gasteiger partial charge in [-0.2, -0.15) is 0 Å². The van der Waals surface area contributed by atoms with E-state index in [1.54, 1.807) is 13.2 Å². The summed E-state index contributed by atoms with van der Waals surface area (Å²) in [7, 11) is 1.78. The zero-order valence-corrected chi connectivity index (χ0v) is 11.7. The molecule has 18 heavy (non-hydrogen) atoms. The van der Waals surface area contributed by atoms with Crippen molar-refractivity contribution in [1.29, 1.82) is 0 Å². The van der Waals surface area contributed by atoms with E-state index in [1.165, 1.54) is 11.3 Å². The molecule has 0 bridgehead atoms. The molecule has 0 aliphatic carbocycles. The summed E-state index contributed by atoms with van der Waals surface area (Å²) in [5.74, 6) is 0.0465. The highest BCUT2D eigenvalue weighted by molar-refractivity contribution is 7.17. The average molecular weight is 281 g/mol. The van der Waals surface area contributed by atoms with Gasteiger partial charge >= 0.3 is 0 Å². The number of rotatable bonds is 4. The van der Waals surface area contributed by atoms with Gasteiger partial charge < -0.3 is 5.32 Å². The molecule has 2 rings (SSSR count). The standard InChI is InChI=1S/C13H13ClN2OS/c1-8-4-3-5-10(14)9(8)6-11(17)12-7-16-13(15-2)18-12/h3-5,7H,6H2,1-2H3,(H,15,16). The molecule has 0 radical (unpaired) electrons. The Kier molecular flexibility index (Phi) is 3.99. The molecular formula is C13H13ClN2OS. The van der Waals surface area contributed by atoms with Crippen molar-refractivity contribution in [3.63, 3.8) is 0 Å². The lowest BCUT2D eigenvalue weighted by Crippen LogP contribution is -2.03. The Morgan fingerprint density at radius 1 is 1.50 bits per heavy atom. The number of Topliss-reactive ketones (excluding diaryl/α,β-unsaturated/α-hetero) is 1. The maximum absolute atomic E-state index is 12.1. The van der Waals surface area contributed by atoms with E-state index in [2.05, 4.69) is 10.3 Å². The SMILES string of the molecule is CNc1ncc(C(=O)Cc2c(C)cccc2Cl)s1. The van der Waals surface area contributed by atoms with Crippen LogP contribution >= 0.6 is 22.9 Å². The summed E-state index contributed by atoms with van der Waals surface area (Å²) in [6.45, 7) is 1.96. The van der Waals surface area contributed by atoms with E-state index in [0.717, 1.165) is 16.3 Å². The molecule has 0 atom stereocenters. The first-order valence-corrected chi connectivity index (χ1v) is 6.72. The second-order valence-corrected chi connectivity index (χ2v) is 5.35. The Hall–Kier alpha value is -1.39. The van der Waals surface area contributed by atoms with Gasteiger partial charge in [0, 0.05) is 18.5 Å². The summed E-state index contributed by atoms with van der Waals surface area (Å²) in [6.07, 6.45) is 1.92. The minimum Gasteiger partial charge on any atom is -0.365 e. The molecule has 1 aromatic carbocycles. The van der Waals surface area contributed by atoms with Crippen molar-refractivity contribution in [2.45, 2.75) is 13.3 Å². The van der Waals surface area contributed by atoms with E-state index in [9.17, 15) is 4.79 Å². The summed E-state index contributed by atoms with van der Waals surface area (Å²) in [5, 5.41) is 4.30. The quantitative estimate of drug-likeness (QED) is 0.871. The predicted molar refractivity (Wildman–Crippen MR) is 75.9 cm³/mol. The number of nitrogens with one attached hydrogen (secondary N) is 1. The average Bonchev–Trinajstić information content (AvgIpc) is 2.82. The summed E-state index contributed by atoms with van der Waals surface area (Å²) >= 11 is 7.47. The first-order valence-electron chi connectivity index (χ1n) is 5.52. The molecule has 0 amide bonds. The van der Waals surface area contributed by atoms with Crippen molar-refractivity contribution in [3.8, 4) is 0 Å². The minimum atomic E-state index is 0.0465. The van der Waals surface area contributed by atoms with E-state index in [1.807, 2.05) is 25.1 Å². The van der Waals surface area contributed by atoms with E-state index in [-0.39, 0.29) is 5.78 Å². The maximum Gasteiger partial charge on any atom is 0.183 e. The second-order valence-electron chi connectivity index (χ2n) is 3.91. The van der Waals surface area contributed by atoms with Crippen LogP contribution in [0.15, 0.2) is 24.4 Å². The van der Waals surface area contributed by atoms with Gasteiger partial charge in [0.25, 0.3) is 0 Å². The Morgan fingerprint density at radius 2 is 2.28 bits per heavy atom. The molecule has 1 heterocycles. The van der Waals surface area contributed by atoms with E-state index in [4.69, 9.17) is 11.6 Å². The summed E-state index contributed by atoms with van der Waals surface area (Å²) in [4.78, 5) is 16.9. The Morgan fingerprint density at radius 3 is 2.89 bits per heavy atom. The number of anilines is 1. The lowest BCUT2D eigenvalue weighted by molar-refractivity contribution is 0.0996. The van der Waals surface area contributed by atoms with Crippen molar-refractivity contribution >= 4 is 33.9 Å². The first-order chi connectivity index (χ1) is 8.61. The fourth-order valence-electron chi connectivity index (χ4n) is 1.66. The fourth-order valence-corrected chi connectivity index (χ4v) is 2.65. The largest absolute Gasteiger partial charge is 0.365 e. The number of carbonyl (C=O) groups is 1. The van der Waals surface area contributed by atoms with E-state index in [0.29, 0.717) is 16.3 Å². The smallest absolute Gasteiger partial charge is 0.183 e. The van der Waals surface area contributed by atoms with Crippen molar-refractivity contribution < 1.29 is 4.79 Å². The molecule has 5 heteroatoms. The zero-order valence-electron chi connectivity index (χ0n) is 10.2. The van der Waals surface area contributed by atoms with Crippen LogP contribution in [0, 0.1) is 6.92 Å². The van der Waals surface area contributed by atoms with Crippen LogP contribution in [-0.2, 0) is 6.42 Å². The van der Waals surface area contributed by atoms with Gasteiger partial charge in [0.1, 0.15) is 0 Å². The Bertz CT molecular complexity index is 560. The molecule has 94 valence electrons. The fraction of sp³-hybridized carbons (Fsp3) is 0.231. The molecule has 1 aromatic heterocycles. The molecule has 0 aliphatic rings. The predicted octanol–water partition coefficient (Wildman–Crippen LogP) is 3.57. The molecule has 0 saturated carbocycles. The minimum absolute atomic E-state index is 0.0465. The molecule has 2 aromatic rings. The number of hydrogen-bond acceptors (Lipinski definition) is 4. The summed E-state index contributed by atoms with van der Waals surface area (Å²) < 4.78 is 0. The number of carbonyl (C=O) groups excluding carboxylic acids is 1. The van der Waals surface area contributed by atoms with Gasteiger partial charge in [-0.15, -0.1) is 0 Å². The molecular weight excluding hydrogens is 268 g/mol. The Labute approximate surface area is 115 Å². The van der Waals surface area contributed by atoms with Crippen LogP contribution < -0.4 is 5.32 Å². The molecule has 0 spiro atoms. The molecule has 0 saturated heterocycles.